The Bertz CT molecular complexity index is 724. The third kappa shape index (κ3) is 5.50. The monoisotopic (exact) mass is 349 g/mol. The summed E-state index contributed by atoms with van der Waals surface area (Å²) in [7, 11) is 0. The van der Waals surface area contributed by atoms with Crippen LogP contribution in [0, 0.1) is 6.92 Å². The van der Waals surface area contributed by atoms with Gasteiger partial charge < -0.3 is 15.7 Å². The molecule has 23 heavy (non-hydrogen) atoms. The van der Waals surface area contributed by atoms with Gasteiger partial charge in [-0.3, -0.25) is 4.79 Å². The zero-order valence-electron chi connectivity index (χ0n) is 12.4. The van der Waals surface area contributed by atoms with E-state index in [0.29, 0.717) is 16.0 Å². The number of hydrogen-bond acceptors (Lipinski definition) is 3. The van der Waals surface area contributed by atoms with E-state index < -0.39 is 12.0 Å². The number of nitrogens with zero attached hydrogens (tertiary/aromatic N) is 1. The first kappa shape index (κ1) is 17.2. The fraction of sp³-hybridized carbons (Fsp3) is 0.188. The maximum absolute atomic E-state index is 11.1. The summed E-state index contributed by atoms with van der Waals surface area (Å²) < 4.78 is 0. The Hall–Kier alpha value is -2.18. The molecule has 0 aliphatic rings. The van der Waals surface area contributed by atoms with Gasteiger partial charge >= 0.3 is 5.97 Å². The summed E-state index contributed by atoms with van der Waals surface area (Å²) in [5.74, 6) is -0.332. The fourth-order valence-corrected chi connectivity index (χ4v) is 2.51. The van der Waals surface area contributed by atoms with Crippen molar-refractivity contribution >= 4 is 40.7 Å². The van der Waals surface area contributed by atoms with Crippen LogP contribution in [0.3, 0.4) is 0 Å². The Balaban J connectivity index is 2.11. The van der Waals surface area contributed by atoms with E-state index in [2.05, 4.69) is 15.6 Å². The lowest BCUT2D eigenvalue weighted by molar-refractivity contribution is -0.137. The number of hydrogen-bond donors (Lipinski definition) is 3. The van der Waals surface area contributed by atoms with Crippen LogP contribution in [0.5, 0.6) is 0 Å². The SMILES string of the molecule is Cc1ccnc(NC(=S)NC(CC(=O)O)c2cccc(Cl)c2)c1. The molecular weight excluding hydrogens is 334 g/mol. The van der Waals surface area contributed by atoms with Crippen molar-refractivity contribution in [1.29, 1.82) is 0 Å². The number of carboxylic acid groups (broad SMARTS) is 1. The molecule has 0 amide bonds. The number of pyridine rings is 1. The highest BCUT2D eigenvalue weighted by Crippen LogP contribution is 2.21. The minimum Gasteiger partial charge on any atom is -0.481 e. The minimum atomic E-state index is -0.932. The molecule has 7 heteroatoms. The van der Waals surface area contributed by atoms with Crippen LogP contribution < -0.4 is 10.6 Å². The molecule has 1 heterocycles. The van der Waals surface area contributed by atoms with E-state index in [0.717, 1.165) is 11.1 Å². The third-order valence-electron chi connectivity index (χ3n) is 3.09. The van der Waals surface area contributed by atoms with Gasteiger partial charge in [-0.1, -0.05) is 23.7 Å². The van der Waals surface area contributed by atoms with Crippen LogP contribution in [0.25, 0.3) is 0 Å². The highest BCUT2D eigenvalue weighted by atomic mass is 35.5. The quantitative estimate of drug-likeness (QED) is 0.717. The summed E-state index contributed by atoms with van der Waals surface area (Å²) in [6.07, 6.45) is 1.55. The molecule has 0 saturated carbocycles. The van der Waals surface area contributed by atoms with Gasteiger partial charge in [0, 0.05) is 11.2 Å². The Labute approximate surface area is 144 Å². The van der Waals surface area contributed by atoms with Gasteiger partial charge in [-0.15, -0.1) is 0 Å². The molecule has 1 atom stereocenters. The van der Waals surface area contributed by atoms with Crippen molar-refractivity contribution in [2.75, 3.05) is 5.32 Å². The number of carbonyl (C=O) groups is 1. The number of aryl methyl sites for hydroxylation is 1. The average Bonchev–Trinajstić information content (AvgIpc) is 2.46. The smallest absolute Gasteiger partial charge is 0.305 e. The lowest BCUT2D eigenvalue weighted by atomic mass is 10.0. The van der Waals surface area contributed by atoms with Crippen LogP contribution in [0.4, 0.5) is 5.82 Å². The Morgan fingerprint density at radius 2 is 2.17 bits per heavy atom. The van der Waals surface area contributed by atoms with Crippen molar-refractivity contribution in [3.05, 3.63) is 58.7 Å². The van der Waals surface area contributed by atoms with Crippen LogP contribution >= 0.6 is 23.8 Å². The highest BCUT2D eigenvalue weighted by molar-refractivity contribution is 7.80. The first-order chi connectivity index (χ1) is 10.9. The molecule has 0 bridgehead atoms. The molecule has 1 aromatic carbocycles. The maximum Gasteiger partial charge on any atom is 0.305 e. The number of aliphatic carboxylic acids is 1. The Morgan fingerprint density at radius 3 is 2.83 bits per heavy atom. The average molecular weight is 350 g/mol. The molecular formula is C16H16ClN3O2S. The number of aromatic nitrogens is 1. The molecule has 1 unspecified atom stereocenters. The molecule has 2 rings (SSSR count). The second-order valence-corrected chi connectivity index (χ2v) is 5.87. The topological polar surface area (TPSA) is 74.2 Å². The van der Waals surface area contributed by atoms with E-state index in [9.17, 15) is 4.79 Å². The van der Waals surface area contributed by atoms with E-state index in [4.69, 9.17) is 28.9 Å². The summed E-state index contributed by atoms with van der Waals surface area (Å²) in [6.45, 7) is 1.95. The number of benzene rings is 1. The summed E-state index contributed by atoms with van der Waals surface area (Å²) in [5.41, 5.74) is 1.79. The van der Waals surface area contributed by atoms with Crippen molar-refractivity contribution in [3.63, 3.8) is 0 Å². The van der Waals surface area contributed by atoms with Crippen LogP contribution in [-0.4, -0.2) is 21.2 Å². The number of anilines is 1. The minimum absolute atomic E-state index is 0.122. The molecule has 0 aliphatic heterocycles. The van der Waals surface area contributed by atoms with E-state index in [1.165, 1.54) is 0 Å². The van der Waals surface area contributed by atoms with Gasteiger partial charge in [-0.2, -0.15) is 0 Å². The second-order valence-electron chi connectivity index (χ2n) is 5.02. The zero-order chi connectivity index (χ0) is 16.8. The number of halogens is 1. The van der Waals surface area contributed by atoms with Gasteiger partial charge in [0.1, 0.15) is 5.82 Å². The highest BCUT2D eigenvalue weighted by Gasteiger charge is 2.17. The van der Waals surface area contributed by atoms with Crippen molar-refractivity contribution in [2.24, 2.45) is 0 Å². The zero-order valence-corrected chi connectivity index (χ0v) is 14.0. The fourth-order valence-electron chi connectivity index (χ4n) is 2.07. The molecule has 120 valence electrons. The maximum atomic E-state index is 11.1. The van der Waals surface area contributed by atoms with Crippen LogP contribution in [0.15, 0.2) is 42.6 Å². The third-order valence-corrected chi connectivity index (χ3v) is 3.55. The normalized spacial score (nSPS) is 11.6. The van der Waals surface area contributed by atoms with Crippen LogP contribution in [0.2, 0.25) is 5.02 Å². The molecule has 0 spiro atoms. The standard InChI is InChI=1S/C16H16ClN3O2S/c1-10-5-6-18-14(7-10)20-16(23)19-13(9-15(21)22)11-3-2-4-12(17)8-11/h2-8,13H,9H2,1H3,(H,21,22)(H2,18,19,20,23). The Kier molecular flexibility index (Phi) is 5.90. The summed E-state index contributed by atoms with van der Waals surface area (Å²) in [4.78, 5) is 15.3. The van der Waals surface area contributed by atoms with Gasteiger partial charge in [0.15, 0.2) is 5.11 Å². The van der Waals surface area contributed by atoms with E-state index >= 15 is 0 Å². The largest absolute Gasteiger partial charge is 0.481 e. The van der Waals surface area contributed by atoms with Crippen molar-refractivity contribution in [2.45, 2.75) is 19.4 Å². The number of rotatable bonds is 5. The van der Waals surface area contributed by atoms with Crippen LogP contribution in [0.1, 0.15) is 23.6 Å². The predicted octanol–water partition coefficient (Wildman–Crippen LogP) is 3.55. The Morgan fingerprint density at radius 1 is 1.39 bits per heavy atom. The van der Waals surface area contributed by atoms with Gasteiger partial charge in [-0.25, -0.2) is 4.98 Å². The lowest BCUT2D eigenvalue weighted by Crippen LogP contribution is -2.33. The van der Waals surface area contributed by atoms with Gasteiger partial charge in [-0.05, 0) is 54.5 Å². The van der Waals surface area contributed by atoms with Crippen molar-refractivity contribution < 1.29 is 9.90 Å². The lowest BCUT2D eigenvalue weighted by Gasteiger charge is -2.20. The first-order valence-corrected chi connectivity index (χ1v) is 7.70. The molecule has 0 aliphatic carbocycles. The molecule has 1 aromatic heterocycles. The van der Waals surface area contributed by atoms with Crippen LogP contribution in [-0.2, 0) is 4.79 Å². The summed E-state index contributed by atoms with van der Waals surface area (Å²) >= 11 is 11.2. The summed E-state index contributed by atoms with van der Waals surface area (Å²) in [6, 6.07) is 10.3. The second kappa shape index (κ2) is 7.89. The first-order valence-electron chi connectivity index (χ1n) is 6.91. The molecule has 0 saturated heterocycles. The van der Waals surface area contributed by atoms with E-state index in [-0.39, 0.29) is 6.42 Å². The van der Waals surface area contributed by atoms with Gasteiger partial charge in [0.25, 0.3) is 0 Å². The van der Waals surface area contributed by atoms with E-state index in [1.54, 1.807) is 30.5 Å². The number of nitrogens with one attached hydrogen (secondary N) is 2. The van der Waals surface area contributed by atoms with Crippen molar-refractivity contribution in [1.82, 2.24) is 10.3 Å². The summed E-state index contributed by atoms with van der Waals surface area (Å²) in [5, 5.41) is 15.9. The molecule has 3 N–H and O–H groups in total. The molecule has 0 radical (unpaired) electrons. The molecule has 5 nitrogen and oxygen atoms in total. The van der Waals surface area contributed by atoms with Crippen molar-refractivity contribution in [3.8, 4) is 0 Å². The van der Waals surface area contributed by atoms with Gasteiger partial charge in [0.2, 0.25) is 0 Å². The number of carboxylic acids is 1. The van der Waals surface area contributed by atoms with Gasteiger partial charge in [0.05, 0.1) is 12.5 Å². The predicted molar refractivity (Wildman–Crippen MR) is 94.8 cm³/mol. The molecule has 2 aromatic rings. The number of thiocarbonyl (C=S) groups is 1. The van der Waals surface area contributed by atoms with E-state index in [1.807, 2.05) is 19.1 Å². The molecule has 0 fully saturated rings.